The van der Waals surface area contributed by atoms with Gasteiger partial charge in [0.25, 0.3) is 0 Å². The number of hydrogen-bond donors (Lipinski definition) is 1. The molecular weight excluding hydrogens is 198 g/mol. The second-order valence-electron chi connectivity index (χ2n) is 6.21. The molecule has 0 aromatic heterocycles. The van der Waals surface area contributed by atoms with Gasteiger partial charge in [0, 0.05) is 12.0 Å². The highest BCUT2D eigenvalue weighted by Gasteiger charge is 2.18. The van der Waals surface area contributed by atoms with E-state index in [0.29, 0.717) is 6.42 Å². The monoisotopic (exact) mass is 222 g/mol. The van der Waals surface area contributed by atoms with Crippen LogP contribution in [-0.2, 0) is 13.0 Å². The number of aliphatic hydroxyl groups is 1. The first kappa shape index (κ1) is 13.2. The van der Waals surface area contributed by atoms with Gasteiger partial charge in [0.2, 0.25) is 0 Å². The molecule has 0 fully saturated rings. The minimum Gasteiger partial charge on any atom is -0.390 e. The zero-order chi connectivity index (χ0) is 12.4. The van der Waals surface area contributed by atoms with Crippen molar-refractivity contribution < 1.29 is 9.59 Å². The third-order valence-electron chi connectivity index (χ3n) is 2.39. The summed E-state index contributed by atoms with van der Waals surface area (Å²) >= 11 is 0. The molecule has 0 radical (unpaired) electrons. The first-order valence-electron chi connectivity index (χ1n) is 5.77. The quantitative estimate of drug-likeness (QED) is 0.774. The van der Waals surface area contributed by atoms with E-state index in [1.807, 2.05) is 19.9 Å². The molecule has 0 unspecified atom stereocenters. The van der Waals surface area contributed by atoms with Crippen LogP contribution in [0.3, 0.4) is 0 Å². The Labute approximate surface area is 99.1 Å². The summed E-state index contributed by atoms with van der Waals surface area (Å²) in [4.78, 5) is 0. The van der Waals surface area contributed by atoms with E-state index in [-0.39, 0.29) is 0 Å². The maximum Gasteiger partial charge on any atom is 0.104 e. The molecule has 0 aliphatic rings. The predicted molar refractivity (Wildman–Crippen MR) is 68.2 cm³/mol. The smallest absolute Gasteiger partial charge is 0.104 e. The van der Waals surface area contributed by atoms with E-state index in [2.05, 4.69) is 39.3 Å². The summed E-state index contributed by atoms with van der Waals surface area (Å²) in [7, 11) is 6.54. The topological polar surface area (TPSA) is 20.2 Å². The van der Waals surface area contributed by atoms with E-state index in [1.165, 1.54) is 11.1 Å². The third kappa shape index (κ3) is 4.77. The van der Waals surface area contributed by atoms with Gasteiger partial charge in [0.05, 0.1) is 26.7 Å². The van der Waals surface area contributed by atoms with E-state index in [0.717, 1.165) is 11.0 Å². The molecule has 1 aromatic rings. The van der Waals surface area contributed by atoms with E-state index in [4.69, 9.17) is 0 Å². The molecule has 0 amide bonds. The molecule has 0 aliphatic carbocycles. The molecule has 0 atom stereocenters. The molecule has 0 saturated carbocycles. The second-order valence-corrected chi connectivity index (χ2v) is 6.21. The molecule has 16 heavy (non-hydrogen) atoms. The van der Waals surface area contributed by atoms with Crippen molar-refractivity contribution in [2.75, 3.05) is 21.1 Å². The molecule has 2 nitrogen and oxygen atoms in total. The molecule has 2 heteroatoms. The minimum atomic E-state index is -0.638. The van der Waals surface area contributed by atoms with Gasteiger partial charge in [0.1, 0.15) is 6.54 Å². The Balaban J connectivity index is 2.92. The van der Waals surface area contributed by atoms with Gasteiger partial charge in [-0.15, -0.1) is 0 Å². The van der Waals surface area contributed by atoms with Crippen LogP contribution >= 0.6 is 0 Å². The normalized spacial score (nSPS) is 12.9. The van der Waals surface area contributed by atoms with Gasteiger partial charge in [-0.3, -0.25) is 0 Å². The Hall–Kier alpha value is -0.860. The zero-order valence-electron chi connectivity index (χ0n) is 11.1. The summed E-state index contributed by atoms with van der Waals surface area (Å²) in [6, 6.07) is 8.38. The van der Waals surface area contributed by atoms with Gasteiger partial charge in [-0.1, -0.05) is 24.3 Å². The SMILES string of the molecule is CC(C)(O)Cc1ccccc1C[N+](C)(C)C. The Morgan fingerprint density at radius 1 is 1.06 bits per heavy atom. The van der Waals surface area contributed by atoms with Crippen LogP contribution in [0.2, 0.25) is 0 Å². The average Bonchev–Trinajstić information content (AvgIpc) is 2.03. The summed E-state index contributed by atoms with van der Waals surface area (Å²) in [5.41, 5.74) is 1.95. The predicted octanol–water partition coefficient (Wildman–Crippen LogP) is 2.21. The molecule has 0 bridgehead atoms. The van der Waals surface area contributed by atoms with Gasteiger partial charge in [-0.25, -0.2) is 0 Å². The fourth-order valence-corrected chi connectivity index (χ4v) is 1.86. The Kier molecular flexibility index (Phi) is 3.76. The minimum absolute atomic E-state index is 0.638. The summed E-state index contributed by atoms with van der Waals surface area (Å²) in [6.07, 6.45) is 0.711. The summed E-state index contributed by atoms with van der Waals surface area (Å²) in [5.74, 6) is 0. The van der Waals surface area contributed by atoms with Crippen molar-refractivity contribution in [2.45, 2.75) is 32.4 Å². The van der Waals surface area contributed by atoms with Crippen molar-refractivity contribution >= 4 is 0 Å². The third-order valence-corrected chi connectivity index (χ3v) is 2.39. The Bertz CT molecular complexity index is 309. The van der Waals surface area contributed by atoms with E-state index >= 15 is 0 Å². The fourth-order valence-electron chi connectivity index (χ4n) is 1.86. The Morgan fingerprint density at radius 3 is 2.00 bits per heavy atom. The molecule has 1 N–H and O–H groups in total. The van der Waals surface area contributed by atoms with Crippen LogP contribution in [0.4, 0.5) is 0 Å². The first-order valence-corrected chi connectivity index (χ1v) is 5.77. The van der Waals surface area contributed by atoms with Crippen molar-refractivity contribution in [3.8, 4) is 0 Å². The van der Waals surface area contributed by atoms with Crippen molar-refractivity contribution in [3.05, 3.63) is 35.4 Å². The summed E-state index contributed by atoms with van der Waals surface area (Å²) < 4.78 is 0.906. The lowest BCUT2D eigenvalue weighted by Gasteiger charge is -2.26. The van der Waals surface area contributed by atoms with Crippen molar-refractivity contribution in [1.82, 2.24) is 0 Å². The highest BCUT2D eigenvalue weighted by molar-refractivity contribution is 5.27. The standard InChI is InChI=1S/C14H24NO/c1-14(2,16)10-12-8-6-7-9-13(12)11-15(3,4)5/h6-9,16H,10-11H2,1-5H3/q+1. The molecule has 0 heterocycles. The molecule has 0 aliphatic heterocycles. The van der Waals surface area contributed by atoms with Crippen molar-refractivity contribution in [1.29, 1.82) is 0 Å². The van der Waals surface area contributed by atoms with Crippen LogP contribution in [0, 0.1) is 0 Å². The molecule has 0 spiro atoms. The summed E-state index contributed by atoms with van der Waals surface area (Å²) in [6.45, 7) is 4.71. The van der Waals surface area contributed by atoms with E-state index < -0.39 is 5.60 Å². The molecule has 1 aromatic carbocycles. The largest absolute Gasteiger partial charge is 0.390 e. The van der Waals surface area contributed by atoms with Gasteiger partial charge in [-0.05, 0) is 19.4 Å². The number of benzene rings is 1. The molecule has 90 valence electrons. The number of hydrogen-bond acceptors (Lipinski definition) is 1. The van der Waals surface area contributed by atoms with Gasteiger partial charge >= 0.3 is 0 Å². The zero-order valence-corrected chi connectivity index (χ0v) is 11.1. The second kappa shape index (κ2) is 4.56. The number of rotatable bonds is 4. The van der Waals surface area contributed by atoms with Crippen LogP contribution in [0.25, 0.3) is 0 Å². The molecule has 1 rings (SSSR count). The van der Waals surface area contributed by atoms with Crippen molar-refractivity contribution in [3.63, 3.8) is 0 Å². The molecule has 0 saturated heterocycles. The van der Waals surface area contributed by atoms with Crippen molar-refractivity contribution in [2.24, 2.45) is 0 Å². The lowest BCUT2D eigenvalue weighted by molar-refractivity contribution is -0.884. The first-order chi connectivity index (χ1) is 7.17. The summed E-state index contributed by atoms with van der Waals surface area (Å²) in [5, 5.41) is 9.89. The van der Waals surface area contributed by atoms with Crippen LogP contribution < -0.4 is 0 Å². The highest BCUT2D eigenvalue weighted by Crippen LogP contribution is 2.18. The van der Waals surface area contributed by atoms with Crippen LogP contribution in [0.1, 0.15) is 25.0 Å². The van der Waals surface area contributed by atoms with Crippen LogP contribution in [0.15, 0.2) is 24.3 Å². The fraction of sp³-hybridized carbons (Fsp3) is 0.571. The number of quaternary nitrogens is 1. The lowest BCUT2D eigenvalue weighted by Crippen LogP contribution is -2.34. The van der Waals surface area contributed by atoms with Gasteiger partial charge in [0.15, 0.2) is 0 Å². The molecular formula is C14H24NO+. The van der Waals surface area contributed by atoms with Gasteiger partial charge < -0.3 is 9.59 Å². The highest BCUT2D eigenvalue weighted by atomic mass is 16.3. The number of nitrogens with zero attached hydrogens (tertiary/aromatic N) is 1. The lowest BCUT2D eigenvalue weighted by atomic mass is 9.94. The maximum absolute atomic E-state index is 9.89. The van der Waals surface area contributed by atoms with Crippen LogP contribution in [0.5, 0.6) is 0 Å². The van der Waals surface area contributed by atoms with E-state index in [9.17, 15) is 5.11 Å². The van der Waals surface area contributed by atoms with Gasteiger partial charge in [-0.2, -0.15) is 0 Å². The maximum atomic E-state index is 9.89. The Morgan fingerprint density at radius 2 is 1.56 bits per heavy atom. The average molecular weight is 222 g/mol. The van der Waals surface area contributed by atoms with Crippen LogP contribution in [-0.4, -0.2) is 36.3 Å². The van der Waals surface area contributed by atoms with E-state index in [1.54, 1.807) is 0 Å².